The maximum absolute atomic E-state index is 12.8. The molecule has 0 amide bonds. The molecule has 42 heavy (non-hydrogen) atoms. The van der Waals surface area contributed by atoms with E-state index in [4.69, 9.17) is 0 Å². The highest BCUT2D eigenvalue weighted by atomic mass is 31.0. The molecule has 0 radical (unpaired) electrons. The summed E-state index contributed by atoms with van der Waals surface area (Å²) >= 11 is 0. The average molecular weight is 613 g/mol. The summed E-state index contributed by atoms with van der Waals surface area (Å²) in [7, 11) is 2.16. The molecule has 0 bridgehead atoms. The van der Waals surface area contributed by atoms with Gasteiger partial charge in [-0.25, -0.2) is 0 Å². The first-order valence-electron chi connectivity index (χ1n) is 18.4. The van der Waals surface area contributed by atoms with Crippen molar-refractivity contribution in [2.45, 2.75) is 211 Å². The van der Waals surface area contributed by atoms with Crippen LogP contribution in [0.2, 0.25) is 0 Å². The van der Waals surface area contributed by atoms with E-state index in [2.05, 4.69) is 35.2 Å². The Morgan fingerprint density at radius 3 is 1.26 bits per heavy atom. The zero-order chi connectivity index (χ0) is 31.2. The second-order valence-electron chi connectivity index (χ2n) is 13.1. The van der Waals surface area contributed by atoms with Gasteiger partial charge in [-0.2, -0.15) is 0 Å². The van der Waals surface area contributed by atoms with Crippen molar-refractivity contribution >= 4 is 15.0 Å². The van der Waals surface area contributed by atoms with E-state index in [9.17, 15) is 20.1 Å². The first-order chi connectivity index (χ1) is 20.4. The van der Waals surface area contributed by atoms with E-state index >= 15 is 0 Å². The lowest BCUT2D eigenvalue weighted by atomic mass is 9.86. The van der Waals surface area contributed by atoms with Crippen LogP contribution in [0.4, 0.5) is 0 Å². The van der Waals surface area contributed by atoms with Crippen LogP contribution in [0.1, 0.15) is 200 Å². The fourth-order valence-corrected chi connectivity index (χ4v) is 6.19. The molecule has 0 aliphatic rings. The lowest BCUT2D eigenvalue weighted by Gasteiger charge is -2.38. The first kappa shape index (κ1) is 41.7. The topological polar surface area (TPSA) is 77.8 Å². The number of unbranched alkanes of at least 4 members (excludes halogenated alkanes) is 24. The third-order valence-electron chi connectivity index (χ3n) is 9.01. The van der Waals surface area contributed by atoms with Gasteiger partial charge in [-0.1, -0.05) is 176 Å². The number of rotatable bonds is 33. The van der Waals surface area contributed by atoms with Crippen LogP contribution in [-0.4, -0.2) is 38.7 Å². The molecule has 0 fully saturated rings. The SMILES string of the molecule is CCCCCCCCC=CCCCCCCCC(=O)C(O)(P)C(O)(CO)CCCCCCCCCCCCCCCC. The summed E-state index contributed by atoms with van der Waals surface area (Å²) in [6.07, 6.45) is 38.0. The fraction of sp³-hybridized carbons (Fsp3) is 0.919. The van der Waals surface area contributed by atoms with Gasteiger partial charge in [0, 0.05) is 6.42 Å². The number of carbonyl (C=O) groups excluding carboxylic acids is 1. The number of hydrogen-bond acceptors (Lipinski definition) is 4. The van der Waals surface area contributed by atoms with Crippen LogP contribution >= 0.6 is 9.24 Å². The third kappa shape index (κ3) is 22.3. The van der Waals surface area contributed by atoms with E-state index in [0.717, 1.165) is 38.5 Å². The molecule has 0 aliphatic heterocycles. The van der Waals surface area contributed by atoms with Gasteiger partial charge in [-0.05, 0) is 38.5 Å². The number of allylic oxidation sites excluding steroid dienone is 2. The second kappa shape index (κ2) is 29.4. The molecule has 5 heteroatoms. The van der Waals surface area contributed by atoms with E-state index in [1.54, 1.807) is 0 Å². The van der Waals surface area contributed by atoms with Crippen LogP contribution in [0.25, 0.3) is 0 Å². The standard InChI is InChI=1S/C37H73O4P/c1-3-5-7-9-11-13-15-17-19-20-22-24-26-28-30-32-35(39)37(41,42)36(40,34-38)33-31-29-27-25-23-21-18-16-14-12-10-8-6-4-2/h17,19,38,40-41H,3-16,18,20-34,42H2,1-2H3. The van der Waals surface area contributed by atoms with Crippen molar-refractivity contribution in [2.24, 2.45) is 0 Å². The molecule has 3 unspecified atom stereocenters. The maximum Gasteiger partial charge on any atom is 0.171 e. The Hall–Kier alpha value is -0.280. The third-order valence-corrected chi connectivity index (χ3v) is 9.87. The fourth-order valence-electron chi connectivity index (χ4n) is 5.81. The average Bonchev–Trinajstić information content (AvgIpc) is 2.98. The Morgan fingerprint density at radius 2 is 0.881 bits per heavy atom. The summed E-state index contributed by atoms with van der Waals surface area (Å²) in [6.45, 7) is 3.91. The highest BCUT2D eigenvalue weighted by Crippen LogP contribution is 2.36. The largest absolute Gasteiger partial charge is 0.393 e. The summed E-state index contributed by atoms with van der Waals surface area (Å²) in [5.74, 6) is -0.382. The maximum atomic E-state index is 12.8. The van der Waals surface area contributed by atoms with Crippen LogP contribution in [0, 0.1) is 0 Å². The number of ketones is 1. The molecular weight excluding hydrogens is 539 g/mol. The smallest absolute Gasteiger partial charge is 0.171 e. The first-order valence-corrected chi connectivity index (χ1v) is 19.0. The Balaban J connectivity index is 3.88. The van der Waals surface area contributed by atoms with E-state index in [-0.39, 0.29) is 18.6 Å². The van der Waals surface area contributed by atoms with Crippen molar-refractivity contribution in [3.05, 3.63) is 12.2 Å². The van der Waals surface area contributed by atoms with Gasteiger partial charge in [0.1, 0.15) is 5.60 Å². The predicted octanol–water partition coefficient (Wildman–Crippen LogP) is 10.8. The molecule has 0 heterocycles. The van der Waals surface area contributed by atoms with E-state index in [1.807, 2.05) is 0 Å². The molecule has 3 N–H and O–H groups in total. The predicted molar refractivity (Wildman–Crippen MR) is 186 cm³/mol. The zero-order valence-electron chi connectivity index (χ0n) is 28.2. The molecule has 0 rings (SSSR count). The number of Topliss-reactive ketones (excluding diaryl/α,β-unsaturated/α-hetero) is 1. The van der Waals surface area contributed by atoms with Gasteiger partial charge >= 0.3 is 0 Å². The van der Waals surface area contributed by atoms with E-state index in [0.29, 0.717) is 12.8 Å². The molecule has 4 nitrogen and oxygen atoms in total. The summed E-state index contributed by atoms with van der Waals surface area (Å²) in [5, 5.41) is 29.8. The van der Waals surface area contributed by atoms with Crippen molar-refractivity contribution in [2.75, 3.05) is 6.61 Å². The number of carbonyl (C=O) groups is 1. The Labute approximate surface area is 264 Å². The minimum Gasteiger partial charge on any atom is -0.393 e. The molecular formula is C37H73O4P. The highest BCUT2D eigenvalue weighted by molar-refractivity contribution is 7.20. The van der Waals surface area contributed by atoms with Gasteiger partial charge in [-0.3, -0.25) is 4.79 Å². The van der Waals surface area contributed by atoms with Crippen LogP contribution in [0.3, 0.4) is 0 Å². The van der Waals surface area contributed by atoms with Crippen molar-refractivity contribution in [1.82, 2.24) is 0 Å². The highest BCUT2D eigenvalue weighted by Gasteiger charge is 2.49. The van der Waals surface area contributed by atoms with Gasteiger partial charge in [0.15, 0.2) is 11.1 Å². The van der Waals surface area contributed by atoms with Gasteiger partial charge in [-0.15, -0.1) is 0 Å². The minimum atomic E-state index is -1.99. The second-order valence-corrected chi connectivity index (χ2v) is 13.9. The molecule has 0 saturated heterocycles. The molecule has 250 valence electrons. The molecule has 0 spiro atoms. The van der Waals surface area contributed by atoms with Crippen LogP contribution in [-0.2, 0) is 4.79 Å². The van der Waals surface area contributed by atoms with Crippen molar-refractivity contribution < 1.29 is 20.1 Å². The molecule has 0 aliphatic carbocycles. The van der Waals surface area contributed by atoms with Gasteiger partial charge in [0.25, 0.3) is 0 Å². The lowest BCUT2D eigenvalue weighted by Crippen LogP contribution is -2.57. The summed E-state index contributed by atoms with van der Waals surface area (Å²) in [4.78, 5) is 12.8. The van der Waals surface area contributed by atoms with Gasteiger partial charge in [0.05, 0.1) is 6.61 Å². The van der Waals surface area contributed by atoms with Crippen LogP contribution in [0.5, 0.6) is 0 Å². The lowest BCUT2D eigenvalue weighted by molar-refractivity contribution is -0.160. The molecule has 3 atom stereocenters. The Morgan fingerprint density at radius 1 is 0.548 bits per heavy atom. The normalized spacial score (nSPS) is 14.8. The van der Waals surface area contributed by atoms with Crippen LogP contribution < -0.4 is 0 Å². The molecule has 0 aromatic heterocycles. The zero-order valence-corrected chi connectivity index (χ0v) is 29.3. The monoisotopic (exact) mass is 613 g/mol. The number of aliphatic hydroxyl groups excluding tert-OH is 1. The van der Waals surface area contributed by atoms with E-state index in [1.165, 1.54) is 122 Å². The van der Waals surface area contributed by atoms with E-state index < -0.39 is 17.6 Å². The van der Waals surface area contributed by atoms with Crippen molar-refractivity contribution in [3.63, 3.8) is 0 Å². The number of hydrogen-bond donors (Lipinski definition) is 3. The minimum absolute atomic E-state index is 0.235. The summed E-state index contributed by atoms with van der Waals surface area (Å²) in [6, 6.07) is 0. The number of aliphatic hydroxyl groups is 3. The summed E-state index contributed by atoms with van der Waals surface area (Å²) in [5.41, 5.74) is -1.80. The Kier molecular flexibility index (Phi) is 29.2. The quantitative estimate of drug-likeness (QED) is 0.0391. The van der Waals surface area contributed by atoms with Crippen molar-refractivity contribution in [3.8, 4) is 0 Å². The molecule has 0 saturated carbocycles. The van der Waals surface area contributed by atoms with Crippen LogP contribution in [0.15, 0.2) is 12.2 Å². The van der Waals surface area contributed by atoms with Crippen molar-refractivity contribution in [1.29, 1.82) is 0 Å². The van der Waals surface area contributed by atoms with Gasteiger partial charge in [0.2, 0.25) is 0 Å². The molecule has 0 aromatic rings. The van der Waals surface area contributed by atoms with Gasteiger partial charge < -0.3 is 15.3 Å². The summed E-state index contributed by atoms with van der Waals surface area (Å²) < 4.78 is 0. The molecule has 0 aromatic carbocycles. The Bertz CT molecular complexity index is 621.